The summed E-state index contributed by atoms with van der Waals surface area (Å²) in [5.74, 6) is -0.442. The van der Waals surface area contributed by atoms with Gasteiger partial charge in [0.2, 0.25) is 5.28 Å². The van der Waals surface area contributed by atoms with Gasteiger partial charge in [0.05, 0.1) is 31.7 Å². The molecule has 0 radical (unpaired) electrons. The number of rotatable bonds is 5. The van der Waals surface area contributed by atoms with E-state index in [-0.39, 0.29) is 30.3 Å². The number of halogens is 1. The molecule has 180 valence electrons. The number of fused-ring (bicyclic) bond motifs is 2. The van der Waals surface area contributed by atoms with E-state index < -0.39 is 30.3 Å². The first-order chi connectivity index (χ1) is 15.8. The van der Waals surface area contributed by atoms with E-state index in [0.717, 1.165) is 25.8 Å². The minimum absolute atomic E-state index is 0.0537. The number of piperidine rings is 1. The molecule has 0 saturated carbocycles. The van der Waals surface area contributed by atoms with Crippen LogP contribution in [-0.4, -0.2) is 81.2 Å². The van der Waals surface area contributed by atoms with Crippen LogP contribution in [0, 0.1) is 0 Å². The average molecular weight is 482 g/mol. The number of carbonyl (C=O) groups is 1. The first-order valence-electron chi connectivity index (χ1n) is 11.2. The van der Waals surface area contributed by atoms with Gasteiger partial charge in [0, 0.05) is 12.6 Å². The Bertz CT molecular complexity index is 1050. The molecule has 3 fully saturated rings. The van der Waals surface area contributed by atoms with Crippen LogP contribution >= 0.6 is 11.6 Å². The van der Waals surface area contributed by atoms with Crippen molar-refractivity contribution in [3.8, 4) is 0 Å². The zero-order valence-corrected chi connectivity index (χ0v) is 19.6. The second kappa shape index (κ2) is 8.62. The van der Waals surface area contributed by atoms with Gasteiger partial charge in [-0.2, -0.15) is 15.1 Å². The van der Waals surface area contributed by atoms with Crippen LogP contribution in [0.5, 0.6) is 0 Å². The molecule has 2 aromatic rings. The summed E-state index contributed by atoms with van der Waals surface area (Å²) in [5.41, 5.74) is 0.489. The van der Waals surface area contributed by atoms with Gasteiger partial charge in [-0.1, -0.05) is 0 Å². The number of carbonyl (C=O) groups excluding carboxylic acids is 1. The zero-order chi connectivity index (χ0) is 23.3. The van der Waals surface area contributed by atoms with Crippen molar-refractivity contribution < 1.29 is 28.8 Å². The lowest BCUT2D eigenvalue weighted by atomic mass is 9.99. The van der Waals surface area contributed by atoms with Crippen molar-refractivity contribution >= 4 is 34.4 Å². The lowest BCUT2D eigenvalue weighted by molar-refractivity contribution is -0.201. The summed E-state index contributed by atoms with van der Waals surface area (Å²) in [6, 6.07) is -0.0537. The molecule has 0 bridgehead atoms. The number of esters is 1. The molecule has 0 spiro atoms. The van der Waals surface area contributed by atoms with Crippen molar-refractivity contribution in [1.29, 1.82) is 0 Å². The Morgan fingerprint density at radius 1 is 1.30 bits per heavy atom. The highest BCUT2D eigenvalue weighted by molar-refractivity contribution is 6.28. The van der Waals surface area contributed by atoms with Crippen LogP contribution in [0.25, 0.3) is 11.0 Å². The largest absolute Gasteiger partial charge is 0.469 e. The highest BCUT2D eigenvalue weighted by Gasteiger charge is 2.56. The summed E-state index contributed by atoms with van der Waals surface area (Å²) in [4.78, 5) is 23.0. The number of hydrogen-bond donors (Lipinski definition) is 1. The van der Waals surface area contributed by atoms with Gasteiger partial charge in [-0.3, -0.25) is 4.79 Å². The summed E-state index contributed by atoms with van der Waals surface area (Å²) in [7, 11) is 1.39. The molecule has 0 aromatic carbocycles. The maximum absolute atomic E-state index is 12.0. The Hall–Kier alpha value is -2.05. The molecule has 5 rings (SSSR count). The van der Waals surface area contributed by atoms with Crippen LogP contribution < -0.4 is 4.90 Å². The quantitative estimate of drug-likeness (QED) is 0.499. The fraction of sp³-hybridized carbons (Fsp3) is 0.714. The summed E-state index contributed by atoms with van der Waals surface area (Å²) in [5, 5.41) is 15.1. The lowest BCUT2D eigenvalue weighted by Gasteiger charge is -2.36. The molecule has 3 aliphatic heterocycles. The smallest absolute Gasteiger partial charge is 0.307 e. The van der Waals surface area contributed by atoms with Crippen LogP contribution in [0.1, 0.15) is 45.8 Å². The third kappa shape index (κ3) is 4.06. The van der Waals surface area contributed by atoms with E-state index in [9.17, 15) is 9.90 Å². The number of nitrogens with zero attached hydrogens (tertiary/aromatic N) is 5. The highest BCUT2D eigenvalue weighted by Crippen LogP contribution is 2.44. The first kappa shape index (κ1) is 22.7. The van der Waals surface area contributed by atoms with Crippen molar-refractivity contribution in [2.45, 2.75) is 75.9 Å². The zero-order valence-electron chi connectivity index (χ0n) is 18.8. The van der Waals surface area contributed by atoms with E-state index in [1.54, 1.807) is 10.9 Å². The van der Waals surface area contributed by atoms with Gasteiger partial charge < -0.3 is 29.0 Å². The lowest BCUT2D eigenvalue weighted by Crippen LogP contribution is -2.41. The summed E-state index contributed by atoms with van der Waals surface area (Å²) >= 11 is 6.35. The Kier molecular flexibility index (Phi) is 5.94. The van der Waals surface area contributed by atoms with Crippen molar-refractivity contribution in [2.24, 2.45) is 0 Å². The van der Waals surface area contributed by atoms with Gasteiger partial charge in [0.15, 0.2) is 17.7 Å². The van der Waals surface area contributed by atoms with Gasteiger partial charge >= 0.3 is 5.97 Å². The maximum Gasteiger partial charge on any atom is 0.307 e. The Labute approximate surface area is 195 Å². The van der Waals surface area contributed by atoms with Crippen LogP contribution in [-0.2, 0) is 23.7 Å². The molecule has 2 aromatic heterocycles. The topological polar surface area (TPSA) is 121 Å². The second-order valence-corrected chi connectivity index (χ2v) is 9.42. The van der Waals surface area contributed by atoms with Crippen molar-refractivity contribution in [2.75, 3.05) is 25.2 Å². The monoisotopic (exact) mass is 481 g/mol. The minimum atomic E-state index is -0.805. The molecule has 12 heteroatoms. The van der Waals surface area contributed by atoms with Crippen LogP contribution in [0.2, 0.25) is 5.28 Å². The van der Waals surface area contributed by atoms with E-state index in [1.807, 2.05) is 13.8 Å². The fourth-order valence-corrected chi connectivity index (χ4v) is 5.22. The summed E-state index contributed by atoms with van der Waals surface area (Å²) < 4.78 is 24.6. The van der Waals surface area contributed by atoms with Crippen LogP contribution in [0.15, 0.2) is 6.20 Å². The van der Waals surface area contributed by atoms with Gasteiger partial charge in [-0.05, 0) is 44.7 Å². The normalized spacial score (nSPS) is 31.2. The van der Waals surface area contributed by atoms with Crippen molar-refractivity contribution in [1.82, 2.24) is 19.7 Å². The number of methoxy groups -OCH3 is 1. The molecule has 3 aliphatic rings. The van der Waals surface area contributed by atoms with E-state index in [2.05, 4.69) is 20.0 Å². The molecule has 3 saturated heterocycles. The number of ether oxygens (including phenoxy) is 4. The predicted molar refractivity (Wildman–Crippen MR) is 117 cm³/mol. The third-order valence-corrected chi connectivity index (χ3v) is 6.65. The summed E-state index contributed by atoms with van der Waals surface area (Å²) in [6.07, 6.45) is 2.67. The Balaban J connectivity index is 1.53. The molecule has 5 atom stereocenters. The molecular formula is C21H28ClN5O6. The van der Waals surface area contributed by atoms with Crippen molar-refractivity contribution in [3.63, 3.8) is 0 Å². The van der Waals surface area contributed by atoms with Gasteiger partial charge in [0.25, 0.3) is 0 Å². The second-order valence-electron chi connectivity index (χ2n) is 9.08. The molecule has 33 heavy (non-hydrogen) atoms. The van der Waals surface area contributed by atoms with E-state index in [0.29, 0.717) is 16.9 Å². The van der Waals surface area contributed by atoms with Gasteiger partial charge in [-0.15, -0.1) is 0 Å². The molecule has 0 aliphatic carbocycles. The summed E-state index contributed by atoms with van der Waals surface area (Å²) in [6.45, 7) is 4.18. The third-order valence-electron chi connectivity index (χ3n) is 6.48. The Morgan fingerprint density at radius 3 is 2.85 bits per heavy atom. The maximum atomic E-state index is 12.0. The van der Waals surface area contributed by atoms with Gasteiger partial charge in [0.1, 0.15) is 24.1 Å². The van der Waals surface area contributed by atoms with Crippen LogP contribution in [0.3, 0.4) is 0 Å². The number of aliphatic hydroxyl groups excluding tert-OH is 1. The Morgan fingerprint density at radius 2 is 2.09 bits per heavy atom. The minimum Gasteiger partial charge on any atom is -0.469 e. The average Bonchev–Trinajstić information content (AvgIpc) is 3.43. The van der Waals surface area contributed by atoms with Gasteiger partial charge in [-0.25, -0.2) is 4.68 Å². The fourth-order valence-electron chi connectivity index (χ4n) is 5.06. The SMILES string of the molecule is COC(=O)C[C@H]1CCCCN1c1nc(Cl)nc2c1cnn2[C@@H]1O[C@H](CO)[C@H]2OC(C)(C)O[C@H]21. The molecule has 5 heterocycles. The molecule has 0 unspecified atom stereocenters. The highest BCUT2D eigenvalue weighted by atomic mass is 35.5. The van der Waals surface area contributed by atoms with E-state index in [1.165, 1.54) is 7.11 Å². The van der Waals surface area contributed by atoms with Crippen molar-refractivity contribution in [3.05, 3.63) is 11.5 Å². The van der Waals surface area contributed by atoms with E-state index in [4.69, 9.17) is 30.5 Å². The first-order valence-corrected chi connectivity index (χ1v) is 11.6. The number of hydrogen-bond acceptors (Lipinski definition) is 10. The number of anilines is 1. The van der Waals surface area contributed by atoms with Crippen LogP contribution in [0.4, 0.5) is 5.82 Å². The van der Waals surface area contributed by atoms with E-state index >= 15 is 0 Å². The number of aliphatic hydroxyl groups is 1. The molecular weight excluding hydrogens is 454 g/mol. The predicted octanol–water partition coefficient (Wildman–Crippen LogP) is 1.81. The number of aromatic nitrogens is 4. The molecule has 1 N–H and O–H groups in total. The molecule has 0 amide bonds. The molecule has 11 nitrogen and oxygen atoms in total. The standard InChI is InChI=1S/C21H28ClN5O6/c1-21(2)32-15-13(10-28)31-19(16(15)33-21)27-18-12(9-23-27)17(24-20(22)25-18)26-7-5-4-6-11(26)8-14(29)30-3/h9,11,13,15-16,19,28H,4-8,10H2,1-3H3/t11-,13-,15-,16-,19-/m1/s1.